The van der Waals surface area contributed by atoms with E-state index in [-0.39, 0.29) is 5.91 Å². The lowest BCUT2D eigenvalue weighted by Crippen LogP contribution is -2.37. The molecule has 3 aromatic rings. The third-order valence-electron chi connectivity index (χ3n) is 7.46. The first-order valence-electron chi connectivity index (χ1n) is 13.4. The highest BCUT2D eigenvalue weighted by molar-refractivity contribution is 8.02. The molecule has 4 heterocycles. The maximum Gasteiger partial charge on any atom is 0.224 e. The molecule has 1 saturated heterocycles. The van der Waals surface area contributed by atoms with Crippen molar-refractivity contribution < 1.29 is 4.79 Å². The minimum atomic E-state index is 0.274. The van der Waals surface area contributed by atoms with Crippen LogP contribution in [0, 0.1) is 6.92 Å². The number of rotatable bonds is 8. The van der Waals surface area contributed by atoms with Gasteiger partial charge >= 0.3 is 0 Å². The molecule has 0 atom stereocenters. The molecule has 5 rings (SSSR count). The lowest BCUT2D eigenvalue weighted by molar-refractivity contribution is -0.131. The van der Waals surface area contributed by atoms with Crippen molar-refractivity contribution in [3.8, 4) is 0 Å². The molecule has 0 radical (unpaired) electrons. The van der Waals surface area contributed by atoms with Crippen molar-refractivity contribution >= 4 is 45.7 Å². The van der Waals surface area contributed by atoms with Gasteiger partial charge in [-0.1, -0.05) is 43.3 Å². The van der Waals surface area contributed by atoms with Gasteiger partial charge in [-0.3, -0.25) is 4.79 Å². The largest absolute Gasteiger partial charge is 0.355 e. The summed E-state index contributed by atoms with van der Waals surface area (Å²) in [6.45, 7) is 10.6. The highest BCUT2D eigenvalue weighted by Crippen LogP contribution is 2.32. The quantitative estimate of drug-likeness (QED) is 0.326. The number of H-pyrrole nitrogens is 1. The molecule has 1 fully saturated rings. The van der Waals surface area contributed by atoms with Crippen LogP contribution >= 0.6 is 11.8 Å². The first-order chi connectivity index (χ1) is 18.1. The second-order valence-electron chi connectivity index (χ2n) is 10.0. The molecule has 0 unspecified atom stereocenters. The van der Waals surface area contributed by atoms with Crippen LogP contribution in [0.5, 0.6) is 0 Å². The SMILES string of the molecule is C=CSc1cc(Nc2ccnc3[nH]c(C4=CCN(C(=O)CCN5CCCCCC5)CC4)cc23)ccc1C. The van der Waals surface area contributed by atoms with E-state index in [1.807, 2.05) is 22.6 Å². The van der Waals surface area contributed by atoms with E-state index in [1.165, 1.54) is 41.7 Å². The van der Waals surface area contributed by atoms with Crippen molar-refractivity contribution in [2.24, 2.45) is 0 Å². The van der Waals surface area contributed by atoms with Gasteiger partial charge in [0.25, 0.3) is 0 Å². The number of pyridine rings is 1. The molecule has 194 valence electrons. The van der Waals surface area contributed by atoms with E-state index in [1.54, 1.807) is 11.8 Å². The Morgan fingerprint density at radius 2 is 2.00 bits per heavy atom. The van der Waals surface area contributed by atoms with Crippen LogP contribution in [0.3, 0.4) is 0 Å². The van der Waals surface area contributed by atoms with Crippen molar-refractivity contribution in [3.63, 3.8) is 0 Å². The number of likely N-dealkylation sites (tertiary alicyclic amines) is 1. The molecule has 1 amide bonds. The summed E-state index contributed by atoms with van der Waals surface area (Å²) in [5.74, 6) is 0.274. The van der Waals surface area contributed by atoms with Crippen LogP contribution in [-0.4, -0.2) is 58.4 Å². The van der Waals surface area contributed by atoms with E-state index in [2.05, 4.69) is 64.0 Å². The summed E-state index contributed by atoms with van der Waals surface area (Å²) in [6, 6.07) is 10.6. The van der Waals surface area contributed by atoms with E-state index in [0.717, 1.165) is 60.7 Å². The summed E-state index contributed by atoms with van der Waals surface area (Å²) in [6.07, 6.45) is 10.7. The summed E-state index contributed by atoms with van der Waals surface area (Å²) < 4.78 is 0. The van der Waals surface area contributed by atoms with Crippen LogP contribution in [-0.2, 0) is 4.79 Å². The molecular formula is C30H37N5OS. The van der Waals surface area contributed by atoms with Crippen LogP contribution in [0.15, 0.2) is 59.5 Å². The zero-order valence-electron chi connectivity index (χ0n) is 21.8. The maximum atomic E-state index is 12.9. The molecule has 0 aliphatic carbocycles. The Morgan fingerprint density at radius 3 is 2.76 bits per heavy atom. The first kappa shape index (κ1) is 25.6. The van der Waals surface area contributed by atoms with E-state index in [0.29, 0.717) is 13.0 Å². The van der Waals surface area contributed by atoms with Crippen molar-refractivity contribution in [1.82, 2.24) is 19.8 Å². The molecule has 1 aromatic carbocycles. The molecule has 2 aliphatic rings. The van der Waals surface area contributed by atoms with Gasteiger partial charge in [-0.05, 0) is 80.1 Å². The number of carbonyl (C=O) groups excluding carboxylic acids is 1. The topological polar surface area (TPSA) is 64.3 Å². The minimum absolute atomic E-state index is 0.274. The number of hydrogen-bond donors (Lipinski definition) is 2. The summed E-state index contributed by atoms with van der Waals surface area (Å²) in [7, 11) is 0. The molecule has 2 aromatic heterocycles. The predicted octanol–water partition coefficient (Wildman–Crippen LogP) is 6.73. The fourth-order valence-corrected chi connectivity index (χ4v) is 5.90. The number of aromatic nitrogens is 2. The van der Waals surface area contributed by atoms with Crippen molar-refractivity contribution in [2.75, 3.05) is 38.0 Å². The average Bonchev–Trinajstić information content (AvgIpc) is 3.19. The molecule has 2 N–H and O–H groups in total. The maximum absolute atomic E-state index is 12.9. The second kappa shape index (κ2) is 12.0. The van der Waals surface area contributed by atoms with Gasteiger partial charge in [0.05, 0.1) is 5.69 Å². The summed E-state index contributed by atoms with van der Waals surface area (Å²) in [4.78, 5) is 26.6. The standard InChI is InChI=1S/C30H37N5OS/c1-3-37-28-20-24(9-8-22(28)2)32-26-10-14-31-30-25(26)21-27(33-30)23-11-18-35(19-12-23)29(36)13-17-34-15-6-4-5-7-16-34/h3,8-11,14,20-21H,1,4-7,12-13,15-19H2,2H3,(H2,31,32,33). The number of thioether (sulfide) groups is 1. The van der Waals surface area contributed by atoms with Crippen LogP contribution in [0.4, 0.5) is 11.4 Å². The van der Waals surface area contributed by atoms with Crippen LogP contribution in [0.2, 0.25) is 0 Å². The van der Waals surface area contributed by atoms with Gasteiger partial charge in [-0.25, -0.2) is 4.98 Å². The Hall–Kier alpha value is -3.03. The molecule has 7 heteroatoms. The number of anilines is 2. The minimum Gasteiger partial charge on any atom is -0.355 e. The van der Waals surface area contributed by atoms with Crippen LogP contribution in [0.25, 0.3) is 16.6 Å². The summed E-state index contributed by atoms with van der Waals surface area (Å²) >= 11 is 1.63. The van der Waals surface area contributed by atoms with E-state index in [4.69, 9.17) is 0 Å². The number of fused-ring (bicyclic) bond motifs is 1. The number of nitrogens with zero attached hydrogens (tertiary/aromatic N) is 3. The van der Waals surface area contributed by atoms with Gasteiger partial charge < -0.3 is 20.1 Å². The number of aromatic amines is 1. The van der Waals surface area contributed by atoms with Crippen molar-refractivity contribution in [2.45, 2.75) is 50.3 Å². The highest BCUT2D eigenvalue weighted by Gasteiger charge is 2.20. The summed E-state index contributed by atoms with van der Waals surface area (Å²) in [5.41, 5.74) is 6.49. The predicted molar refractivity (Wildman–Crippen MR) is 155 cm³/mol. The smallest absolute Gasteiger partial charge is 0.224 e. The molecular weight excluding hydrogens is 478 g/mol. The van der Waals surface area contributed by atoms with Gasteiger partial charge in [-0.15, -0.1) is 0 Å². The number of hydrogen-bond acceptors (Lipinski definition) is 5. The monoisotopic (exact) mass is 515 g/mol. The molecule has 37 heavy (non-hydrogen) atoms. The molecule has 6 nitrogen and oxygen atoms in total. The van der Waals surface area contributed by atoms with Crippen molar-refractivity contribution in [1.29, 1.82) is 0 Å². The Bertz CT molecular complexity index is 1290. The fraction of sp³-hybridized carbons (Fsp3) is 0.400. The fourth-order valence-electron chi connectivity index (χ4n) is 5.27. The van der Waals surface area contributed by atoms with E-state index < -0.39 is 0 Å². The zero-order chi connectivity index (χ0) is 25.6. The van der Waals surface area contributed by atoms with Crippen LogP contribution < -0.4 is 5.32 Å². The highest BCUT2D eigenvalue weighted by atomic mass is 32.2. The Morgan fingerprint density at radius 1 is 1.16 bits per heavy atom. The second-order valence-corrected chi connectivity index (χ2v) is 11.0. The van der Waals surface area contributed by atoms with Gasteiger partial charge in [0.15, 0.2) is 0 Å². The molecule has 0 saturated carbocycles. The molecule has 0 spiro atoms. The number of aryl methyl sites for hydroxylation is 1. The zero-order valence-corrected chi connectivity index (χ0v) is 22.6. The Labute approximate surface area is 224 Å². The summed E-state index contributed by atoms with van der Waals surface area (Å²) in [5, 5.41) is 6.49. The number of amides is 1. The van der Waals surface area contributed by atoms with Crippen molar-refractivity contribution in [3.05, 3.63) is 65.8 Å². The third-order valence-corrected chi connectivity index (χ3v) is 8.32. The third kappa shape index (κ3) is 6.28. The average molecular weight is 516 g/mol. The van der Waals surface area contributed by atoms with Gasteiger partial charge in [-0.2, -0.15) is 0 Å². The number of nitrogens with one attached hydrogen (secondary N) is 2. The lowest BCUT2D eigenvalue weighted by Gasteiger charge is -2.27. The van der Waals surface area contributed by atoms with Gasteiger partial charge in [0.1, 0.15) is 5.65 Å². The first-order valence-corrected chi connectivity index (χ1v) is 14.3. The normalized spacial score (nSPS) is 16.9. The molecule has 0 bridgehead atoms. The molecule has 2 aliphatic heterocycles. The van der Waals surface area contributed by atoms with Gasteiger partial charge in [0, 0.05) is 53.9 Å². The van der Waals surface area contributed by atoms with E-state index >= 15 is 0 Å². The van der Waals surface area contributed by atoms with E-state index in [9.17, 15) is 4.79 Å². The Balaban J connectivity index is 1.24. The Kier molecular flexibility index (Phi) is 8.31. The van der Waals surface area contributed by atoms with Crippen LogP contribution in [0.1, 0.15) is 49.8 Å². The number of carbonyl (C=O) groups is 1. The lowest BCUT2D eigenvalue weighted by atomic mass is 10.0. The van der Waals surface area contributed by atoms with Gasteiger partial charge in [0.2, 0.25) is 5.91 Å². The number of benzene rings is 1.